The predicted octanol–water partition coefficient (Wildman–Crippen LogP) is 3.27. The van der Waals surface area contributed by atoms with Gasteiger partial charge in [-0.05, 0) is 54.2 Å². The first kappa shape index (κ1) is 8.66. The molecule has 0 amide bonds. The Labute approximate surface area is 89.8 Å². The van der Waals surface area contributed by atoms with Gasteiger partial charge in [0.25, 0.3) is 0 Å². The van der Waals surface area contributed by atoms with Crippen LogP contribution in [-0.2, 0) is 6.42 Å². The Kier molecular flexibility index (Phi) is 1.69. The largest absolute Gasteiger partial charge is 0.264 e. The van der Waals surface area contributed by atoms with Gasteiger partial charge in [-0.2, -0.15) is 0 Å². The molecule has 0 radical (unpaired) electrons. The molecule has 0 bridgehead atoms. The lowest BCUT2D eigenvalue weighted by Gasteiger charge is -2.05. The maximum atomic E-state index is 4.21. The predicted molar refractivity (Wildman–Crippen MR) is 62.0 cm³/mol. The number of rotatable bonds is 0. The fraction of sp³-hybridized carbons (Fsp3) is 0.214. The number of benzene rings is 1. The van der Waals surface area contributed by atoms with E-state index in [1.165, 1.54) is 33.4 Å². The Morgan fingerprint density at radius 1 is 1.00 bits per heavy atom. The summed E-state index contributed by atoms with van der Waals surface area (Å²) in [5, 5.41) is 0. The fourth-order valence-electron chi connectivity index (χ4n) is 2.30. The van der Waals surface area contributed by atoms with Crippen LogP contribution in [0.5, 0.6) is 0 Å². The number of pyridine rings is 1. The summed E-state index contributed by atoms with van der Waals surface area (Å²) in [5.74, 6) is 0. The van der Waals surface area contributed by atoms with Crippen LogP contribution in [0.3, 0.4) is 0 Å². The molecule has 0 unspecified atom stereocenters. The minimum atomic E-state index is 1.06. The molecule has 0 saturated carbocycles. The van der Waals surface area contributed by atoms with Gasteiger partial charge in [0.15, 0.2) is 0 Å². The molecular weight excluding hydrogens is 182 g/mol. The van der Waals surface area contributed by atoms with Crippen LogP contribution < -0.4 is 0 Å². The normalized spacial score (nSPS) is 12.4. The number of nitrogens with zero attached hydrogens (tertiary/aromatic N) is 1. The molecular formula is C14H13N. The molecule has 2 aromatic rings. The summed E-state index contributed by atoms with van der Waals surface area (Å²) in [6.07, 6.45) is 4.93. The van der Waals surface area contributed by atoms with Crippen molar-refractivity contribution < 1.29 is 0 Å². The van der Waals surface area contributed by atoms with Crippen molar-refractivity contribution in [3.8, 4) is 11.1 Å². The highest BCUT2D eigenvalue weighted by molar-refractivity contribution is 5.76. The van der Waals surface area contributed by atoms with Gasteiger partial charge in [-0.25, -0.2) is 0 Å². The average Bonchev–Trinajstić information content (AvgIpc) is 2.57. The number of fused-ring (bicyclic) bond motifs is 3. The van der Waals surface area contributed by atoms with Crippen molar-refractivity contribution in [1.29, 1.82) is 0 Å². The van der Waals surface area contributed by atoms with Crippen molar-refractivity contribution in [3.05, 3.63) is 52.8 Å². The molecule has 1 heteroatoms. The molecule has 1 aromatic heterocycles. The highest BCUT2D eigenvalue weighted by atomic mass is 14.6. The van der Waals surface area contributed by atoms with Gasteiger partial charge in [0.1, 0.15) is 0 Å². The van der Waals surface area contributed by atoms with Crippen LogP contribution in [0.4, 0.5) is 0 Å². The zero-order chi connectivity index (χ0) is 10.4. The molecule has 1 aliphatic carbocycles. The Morgan fingerprint density at radius 2 is 1.80 bits per heavy atom. The molecule has 3 rings (SSSR count). The van der Waals surface area contributed by atoms with Crippen LogP contribution in [0.2, 0.25) is 0 Å². The fourth-order valence-corrected chi connectivity index (χ4v) is 2.30. The summed E-state index contributed by atoms with van der Waals surface area (Å²) in [4.78, 5) is 4.21. The minimum absolute atomic E-state index is 1.06. The van der Waals surface area contributed by atoms with E-state index in [0.717, 1.165) is 6.42 Å². The van der Waals surface area contributed by atoms with E-state index < -0.39 is 0 Å². The Balaban J connectivity index is 2.29. The lowest BCUT2D eigenvalue weighted by Crippen LogP contribution is -1.86. The SMILES string of the molecule is Cc1cc2c(cc1C)-c1cnccc1C2. The summed E-state index contributed by atoms with van der Waals surface area (Å²) in [7, 11) is 0. The first-order valence-corrected chi connectivity index (χ1v) is 5.29. The molecule has 0 N–H and O–H groups in total. The number of aromatic nitrogens is 1. The zero-order valence-electron chi connectivity index (χ0n) is 9.04. The third-order valence-corrected chi connectivity index (χ3v) is 3.30. The first-order chi connectivity index (χ1) is 7.25. The molecule has 1 aliphatic rings. The maximum Gasteiger partial charge on any atom is 0.0349 e. The van der Waals surface area contributed by atoms with Gasteiger partial charge in [-0.15, -0.1) is 0 Å². The van der Waals surface area contributed by atoms with Crippen LogP contribution in [-0.4, -0.2) is 4.98 Å². The number of hydrogen-bond donors (Lipinski definition) is 0. The van der Waals surface area contributed by atoms with Crippen molar-refractivity contribution in [2.24, 2.45) is 0 Å². The molecule has 1 aromatic carbocycles. The summed E-state index contributed by atoms with van der Waals surface area (Å²) < 4.78 is 0. The third kappa shape index (κ3) is 1.19. The molecule has 0 saturated heterocycles. The Bertz CT molecular complexity index is 541. The molecule has 74 valence electrons. The third-order valence-electron chi connectivity index (χ3n) is 3.30. The second kappa shape index (κ2) is 2.93. The topological polar surface area (TPSA) is 12.9 Å². The van der Waals surface area contributed by atoms with E-state index in [-0.39, 0.29) is 0 Å². The lowest BCUT2D eigenvalue weighted by atomic mass is 10.0. The van der Waals surface area contributed by atoms with Crippen molar-refractivity contribution >= 4 is 0 Å². The molecule has 1 nitrogen and oxygen atoms in total. The van der Waals surface area contributed by atoms with Crippen LogP contribution >= 0.6 is 0 Å². The highest BCUT2D eigenvalue weighted by Gasteiger charge is 2.18. The molecule has 0 spiro atoms. The summed E-state index contributed by atoms with van der Waals surface area (Å²) >= 11 is 0. The molecule has 15 heavy (non-hydrogen) atoms. The minimum Gasteiger partial charge on any atom is -0.264 e. The van der Waals surface area contributed by atoms with Gasteiger partial charge >= 0.3 is 0 Å². The number of hydrogen-bond acceptors (Lipinski definition) is 1. The van der Waals surface area contributed by atoms with E-state index in [4.69, 9.17) is 0 Å². The average molecular weight is 195 g/mol. The quantitative estimate of drug-likeness (QED) is 0.536. The standard InChI is InChI=1S/C14H13N/c1-9-5-12-7-11-3-4-15-8-14(11)13(12)6-10(9)2/h3-6,8H,7H2,1-2H3. The van der Waals surface area contributed by atoms with E-state index in [0.29, 0.717) is 0 Å². The van der Waals surface area contributed by atoms with E-state index in [1.807, 2.05) is 12.4 Å². The maximum absolute atomic E-state index is 4.21. The van der Waals surface area contributed by atoms with Gasteiger partial charge in [-0.1, -0.05) is 12.1 Å². The van der Waals surface area contributed by atoms with Crippen molar-refractivity contribution in [3.63, 3.8) is 0 Å². The lowest BCUT2D eigenvalue weighted by molar-refractivity contribution is 1.21. The van der Waals surface area contributed by atoms with Gasteiger partial charge in [0.05, 0.1) is 0 Å². The van der Waals surface area contributed by atoms with E-state index in [9.17, 15) is 0 Å². The Hall–Kier alpha value is -1.63. The van der Waals surface area contributed by atoms with Crippen LogP contribution in [0.1, 0.15) is 22.3 Å². The highest BCUT2D eigenvalue weighted by Crippen LogP contribution is 2.37. The van der Waals surface area contributed by atoms with Crippen molar-refractivity contribution in [2.75, 3.05) is 0 Å². The van der Waals surface area contributed by atoms with Crippen molar-refractivity contribution in [2.45, 2.75) is 20.3 Å². The van der Waals surface area contributed by atoms with Gasteiger partial charge < -0.3 is 0 Å². The van der Waals surface area contributed by atoms with E-state index in [1.54, 1.807) is 0 Å². The van der Waals surface area contributed by atoms with Gasteiger partial charge in [-0.3, -0.25) is 4.98 Å². The van der Waals surface area contributed by atoms with Crippen LogP contribution in [0.15, 0.2) is 30.6 Å². The van der Waals surface area contributed by atoms with Crippen LogP contribution in [0, 0.1) is 13.8 Å². The van der Waals surface area contributed by atoms with E-state index >= 15 is 0 Å². The first-order valence-electron chi connectivity index (χ1n) is 5.29. The van der Waals surface area contributed by atoms with E-state index in [2.05, 4.69) is 37.0 Å². The second-order valence-corrected chi connectivity index (χ2v) is 4.30. The molecule has 0 aliphatic heterocycles. The van der Waals surface area contributed by atoms with Crippen molar-refractivity contribution in [1.82, 2.24) is 4.98 Å². The smallest absolute Gasteiger partial charge is 0.0349 e. The van der Waals surface area contributed by atoms with Crippen LogP contribution in [0.25, 0.3) is 11.1 Å². The summed E-state index contributed by atoms with van der Waals surface area (Å²) in [5.41, 5.74) is 8.29. The monoisotopic (exact) mass is 195 g/mol. The van der Waals surface area contributed by atoms with Gasteiger partial charge in [0, 0.05) is 18.0 Å². The number of aryl methyl sites for hydroxylation is 2. The molecule has 1 heterocycles. The Morgan fingerprint density at radius 3 is 2.67 bits per heavy atom. The second-order valence-electron chi connectivity index (χ2n) is 4.30. The zero-order valence-corrected chi connectivity index (χ0v) is 9.04. The summed E-state index contributed by atoms with van der Waals surface area (Å²) in [6.45, 7) is 4.35. The molecule has 0 fully saturated rings. The summed E-state index contributed by atoms with van der Waals surface area (Å²) in [6, 6.07) is 6.73. The molecule has 0 atom stereocenters. The van der Waals surface area contributed by atoms with Gasteiger partial charge in [0.2, 0.25) is 0 Å².